The van der Waals surface area contributed by atoms with E-state index < -0.39 is 23.8 Å². The fraction of sp³-hybridized carbons (Fsp3) is 0.0667. The molecule has 0 spiro atoms. The molecular formula is C30H19Cl4N3O4S2. The Labute approximate surface area is 276 Å². The molecule has 1 atom stereocenters. The Hall–Kier alpha value is -3.31. The molecule has 0 aliphatic carbocycles. The van der Waals surface area contributed by atoms with Gasteiger partial charge < -0.3 is 15.1 Å². The van der Waals surface area contributed by atoms with Crippen LogP contribution in [-0.4, -0.2) is 33.0 Å². The molecule has 1 aromatic heterocycles. The molecule has 0 bridgehead atoms. The molecule has 0 radical (unpaired) electrons. The van der Waals surface area contributed by atoms with Crippen molar-refractivity contribution >= 4 is 110 Å². The van der Waals surface area contributed by atoms with E-state index in [0.29, 0.717) is 48.5 Å². The molecule has 5 rings (SSSR count). The van der Waals surface area contributed by atoms with Crippen molar-refractivity contribution in [3.63, 3.8) is 0 Å². The van der Waals surface area contributed by atoms with Crippen LogP contribution in [-0.2, 0) is 14.4 Å². The number of benzene rings is 3. The van der Waals surface area contributed by atoms with E-state index in [4.69, 9.17) is 63.0 Å². The lowest BCUT2D eigenvalue weighted by Crippen LogP contribution is -2.48. The van der Waals surface area contributed by atoms with Gasteiger partial charge in [-0.2, -0.15) is 0 Å². The number of rotatable bonds is 8. The number of hydrogen-bond acceptors (Lipinski definition) is 6. The minimum absolute atomic E-state index is 0.114. The second-order valence-corrected chi connectivity index (χ2v) is 12.5. The SMILES string of the molecule is O=C(CC(C(=O)Nc1ccc(Cl)cc1)N1C(=O)/C(=C/c2ccc(-c3ccc(Cl)c(Cl)c3)o2)SC1=S)Nc1ccc(Cl)cc1. The smallest absolute Gasteiger partial charge is 0.267 e. The van der Waals surface area contributed by atoms with Crippen molar-refractivity contribution in [3.8, 4) is 11.3 Å². The topological polar surface area (TPSA) is 91.7 Å². The van der Waals surface area contributed by atoms with Gasteiger partial charge in [-0.15, -0.1) is 0 Å². The number of nitrogens with one attached hydrogen (secondary N) is 2. The fourth-order valence-electron chi connectivity index (χ4n) is 4.09. The van der Waals surface area contributed by atoms with E-state index in [1.807, 2.05) is 0 Å². The highest BCUT2D eigenvalue weighted by Gasteiger charge is 2.41. The highest BCUT2D eigenvalue weighted by molar-refractivity contribution is 8.26. The number of nitrogens with zero attached hydrogens (tertiary/aromatic N) is 1. The lowest BCUT2D eigenvalue weighted by molar-refractivity contribution is -0.132. The predicted molar refractivity (Wildman–Crippen MR) is 178 cm³/mol. The van der Waals surface area contributed by atoms with Crippen molar-refractivity contribution in [3.05, 3.63) is 110 Å². The molecule has 3 amide bonds. The molecule has 1 fully saturated rings. The summed E-state index contributed by atoms with van der Waals surface area (Å²) in [7, 11) is 0. The molecule has 1 aliphatic rings. The average Bonchev–Trinajstić information content (AvgIpc) is 3.55. The lowest BCUT2D eigenvalue weighted by atomic mass is 10.1. The quantitative estimate of drug-likeness (QED) is 0.142. The predicted octanol–water partition coefficient (Wildman–Crippen LogP) is 8.80. The lowest BCUT2D eigenvalue weighted by Gasteiger charge is -2.25. The number of carbonyl (C=O) groups is 3. The number of thiocarbonyl (C=S) groups is 1. The van der Waals surface area contributed by atoms with Crippen LogP contribution < -0.4 is 10.6 Å². The summed E-state index contributed by atoms with van der Waals surface area (Å²) < 4.78 is 6.03. The molecule has 1 saturated heterocycles. The number of hydrogen-bond donors (Lipinski definition) is 2. The summed E-state index contributed by atoms with van der Waals surface area (Å²) in [5, 5.41) is 7.25. The number of anilines is 2. The first kappa shape index (κ1) is 31.1. The first-order chi connectivity index (χ1) is 20.6. The molecule has 2 N–H and O–H groups in total. The summed E-state index contributed by atoms with van der Waals surface area (Å²) in [6.45, 7) is 0. The first-order valence-electron chi connectivity index (χ1n) is 12.5. The number of halogens is 4. The van der Waals surface area contributed by atoms with Crippen LogP contribution >= 0.6 is 70.4 Å². The maximum absolute atomic E-state index is 13.6. The number of thioether (sulfide) groups is 1. The monoisotopic (exact) mass is 689 g/mol. The molecule has 0 saturated carbocycles. The zero-order valence-electron chi connectivity index (χ0n) is 21.8. The largest absolute Gasteiger partial charge is 0.457 e. The summed E-state index contributed by atoms with van der Waals surface area (Å²) >= 11 is 30.6. The van der Waals surface area contributed by atoms with Gasteiger partial charge in [0, 0.05) is 33.1 Å². The molecule has 1 unspecified atom stereocenters. The molecule has 7 nitrogen and oxygen atoms in total. The standard InChI is InChI=1S/C30H19Cl4N3O4S2/c31-17-2-6-19(7-3-17)35-27(38)15-24(28(39)36-20-8-4-18(32)5-9-20)37-29(40)26(43-30(37)42)14-21-10-12-25(41-21)16-1-11-22(33)23(34)13-16/h1-14,24H,15H2,(H,35,38)(H,36,39)/b26-14-. The molecular weight excluding hydrogens is 672 g/mol. The summed E-state index contributed by atoms with van der Waals surface area (Å²) in [4.78, 5) is 41.6. The van der Waals surface area contributed by atoms with Crippen LogP contribution in [0.15, 0.2) is 88.2 Å². The van der Waals surface area contributed by atoms with Crippen molar-refractivity contribution in [1.82, 2.24) is 4.90 Å². The number of carbonyl (C=O) groups excluding carboxylic acids is 3. The van der Waals surface area contributed by atoms with Gasteiger partial charge in [-0.3, -0.25) is 19.3 Å². The Balaban J connectivity index is 1.39. The third-order valence-corrected chi connectivity index (χ3v) is 8.73. The van der Waals surface area contributed by atoms with Crippen molar-refractivity contribution in [2.24, 2.45) is 0 Å². The first-order valence-corrected chi connectivity index (χ1v) is 15.3. The van der Waals surface area contributed by atoms with Crippen LogP contribution in [0, 0.1) is 0 Å². The Morgan fingerprint density at radius 3 is 2.12 bits per heavy atom. The van der Waals surface area contributed by atoms with Gasteiger partial charge in [0.2, 0.25) is 11.8 Å². The summed E-state index contributed by atoms with van der Waals surface area (Å²) in [6, 6.07) is 20.2. The second-order valence-electron chi connectivity index (χ2n) is 9.15. The van der Waals surface area contributed by atoms with Gasteiger partial charge in [-0.25, -0.2) is 0 Å². The number of furan rings is 1. The minimum atomic E-state index is -1.26. The highest BCUT2D eigenvalue weighted by atomic mass is 35.5. The Bertz CT molecular complexity index is 1760. The maximum atomic E-state index is 13.6. The van der Waals surface area contributed by atoms with Crippen LogP contribution in [0.2, 0.25) is 20.1 Å². The van der Waals surface area contributed by atoms with E-state index >= 15 is 0 Å². The van der Waals surface area contributed by atoms with Gasteiger partial charge in [-0.05, 0) is 78.9 Å². The maximum Gasteiger partial charge on any atom is 0.267 e. The van der Waals surface area contributed by atoms with E-state index in [0.717, 1.165) is 16.7 Å². The van der Waals surface area contributed by atoms with E-state index in [-0.39, 0.29) is 15.6 Å². The van der Waals surface area contributed by atoms with Gasteiger partial charge in [0.05, 0.1) is 21.4 Å². The normalized spacial score (nSPS) is 14.7. The summed E-state index contributed by atoms with van der Waals surface area (Å²) in [5.74, 6) is -0.762. The van der Waals surface area contributed by atoms with Crippen LogP contribution in [0.3, 0.4) is 0 Å². The van der Waals surface area contributed by atoms with E-state index in [1.54, 1.807) is 78.9 Å². The van der Waals surface area contributed by atoms with E-state index in [2.05, 4.69) is 10.6 Å². The van der Waals surface area contributed by atoms with E-state index in [1.165, 1.54) is 6.08 Å². The molecule has 1 aliphatic heterocycles. The molecule has 13 heteroatoms. The third-order valence-electron chi connectivity index (χ3n) is 6.16. The third kappa shape index (κ3) is 7.62. The second kappa shape index (κ2) is 13.5. The van der Waals surface area contributed by atoms with Gasteiger partial charge in [0.25, 0.3) is 5.91 Å². The molecule has 218 valence electrons. The van der Waals surface area contributed by atoms with Crippen LogP contribution in [0.25, 0.3) is 17.4 Å². The number of amides is 3. The molecule has 3 aromatic carbocycles. The summed E-state index contributed by atoms with van der Waals surface area (Å²) in [5.41, 5.74) is 1.61. The summed E-state index contributed by atoms with van der Waals surface area (Å²) in [6.07, 6.45) is 1.16. The Kier molecular flexibility index (Phi) is 9.81. The van der Waals surface area contributed by atoms with Crippen LogP contribution in [0.1, 0.15) is 12.2 Å². The zero-order chi connectivity index (χ0) is 30.7. The van der Waals surface area contributed by atoms with Gasteiger partial charge >= 0.3 is 0 Å². The van der Waals surface area contributed by atoms with Gasteiger partial charge in [0.1, 0.15) is 21.9 Å². The Morgan fingerprint density at radius 1 is 0.860 bits per heavy atom. The van der Waals surface area contributed by atoms with Gasteiger partial charge in [-0.1, -0.05) is 70.4 Å². The van der Waals surface area contributed by atoms with E-state index in [9.17, 15) is 14.4 Å². The zero-order valence-corrected chi connectivity index (χ0v) is 26.4. The fourth-order valence-corrected chi connectivity index (χ4v) is 5.98. The van der Waals surface area contributed by atoms with Gasteiger partial charge in [0.15, 0.2) is 0 Å². The minimum Gasteiger partial charge on any atom is -0.457 e. The van der Waals surface area contributed by atoms with Crippen molar-refractivity contribution in [2.45, 2.75) is 12.5 Å². The van der Waals surface area contributed by atoms with Crippen LogP contribution in [0.5, 0.6) is 0 Å². The molecule has 2 heterocycles. The van der Waals surface area contributed by atoms with Crippen molar-refractivity contribution in [2.75, 3.05) is 10.6 Å². The molecule has 43 heavy (non-hydrogen) atoms. The van der Waals surface area contributed by atoms with Crippen molar-refractivity contribution < 1.29 is 18.8 Å². The van der Waals surface area contributed by atoms with Crippen LogP contribution in [0.4, 0.5) is 11.4 Å². The molecule has 4 aromatic rings. The highest BCUT2D eigenvalue weighted by Crippen LogP contribution is 2.36. The van der Waals surface area contributed by atoms with Crippen molar-refractivity contribution in [1.29, 1.82) is 0 Å². The Morgan fingerprint density at radius 2 is 1.49 bits per heavy atom. The average molecular weight is 691 g/mol.